The first-order valence-electron chi connectivity index (χ1n) is 9.51. The molecule has 0 aliphatic rings. The van der Waals surface area contributed by atoms with E-state index in [-0.39, 0.29) is 0 Å². The van der Waals surface area contributed by atoms with Crippen LogP contribution in [0.1, 0.15) is 24.8 Å². The minimum absolute atomic E-state index is 0.794. The first kappa shape index (κ1) is 19.0. The van der Waals surface area contributed by atoms with E-state index in [0.29, 0.717) is 0 Å². The quantitative estimate of drug-likeness (QED) is 0.266. The van der Waals surface area contributed by atoms with E-state index in [2.05, 4.69) is 67.7 Å². The summed E-state index contributed by atoms with van der Waals surface area (Å²) in [5.41, 5.74) is 1.26. The van der Waals surface area contributed by atoms with Gasteiger partial charge >= 0.3 is 0 Å². The van der Waals surface area contributed by atoms with Crippen molar-refractivity contribution in [2.75, 3.05) is 5.75 Å². The summed E-state index contributed by atoms with van der Waals surface area (Å²) in [5, 5.41) is 16.3. The van der Waals surface area contributed by atoms with E-state index < -0.39 is 0 Å². The van der Waals surface area contributed by atoms with Crippen molar-refractivity contribution in [1.29, 1.82) is 0 Å². The molecule has 4 rings (SSSR count). The van der Waals surface area contributed by atoms with Gasteiger partial charge in [0.2, 0.25) is 0 Å². The molecule has 144 valence electrons. The summed E-state index contributed by atoms with van der Waals surface area (Å²) in [6.07, 6.45) is 7.36. The second-order valence-corrected chi connectivity index (χ2v) is 8.54. The number of unbranched alkanes of at least 4 members (excludes halogenated alkanes) is 2. The van der Waals surface area contributed by atoms with Gasteiger partial charge in [0, 0.05) is 24.7 Å². The van der Waals surface area contributed by atoms with Crippen LogP contribution in [0.5, 0.6) is 0 Å². The summed E-state index contributed by atoms with van der Waals surface area (Å²) in [5.74, 6) is 2.01. The SMILES string of the molecule is c1ccc(Cn2c(SCCCCCn3cccn3)nnc2-c2cccs2)cc1. The highest BCUT2D eigenvalue weighted by Crippen LogP contribution is 2.28. The summed E-state index contributed by atoms with van der Waals surface area (Å²) in [6.45, 7) is 1.78. The Morgan fingerprint density at radius 2 is 1.86 bits per heavy atom. The van der Waals surface area contributed by atoms with Gasteiger partial charge in [-0.2, -0.15) is 5.10 Å². The number of aromatic nitrogens is 5. The molecule has 1 aromatic carbocycles. The van der Waals surface area contributed by atoms with Gasteiger partial charge in [0.25, 0.3) is 0 Å². The van der Waals surface area contributed by atoms with Gasteiger partial charge in [-0.25, -0.2) is 0 Å². The molecule has 0 saturated heterocycles. The second-order valence-electron chi connectivity index (χ2n) is 6.53. The van der Waals surface area contributed by atoms with E-state index in [1.54, 1.807) is 23.1 Å². The molecule has 0 radical (unpaired) electrons. The van der Waals surface area contributed by atoms with E-state index in [0.717, 1.165) is 41.1 Å². The van der Waals surface area contributed by atoms with Crippen molar-refractivity contribution in [3.8, 4) is 10.7 Å². The van der Waals surface area contributed by atoms with Crippen molar-refractivity contribution >= 4 is 23.1 Å². The van der Waals surface area contributed by atoms with Crippen molar-refractivity contribution in [3.63, 3.8) is 0 Å². The third-order valence-corrected chi connectivity index (χ3v) is 6.38. The average molecular weight is 410 g/mol. The number of rotatable bonds is 10. The maximum absolute atomic E-state index is 4.50. The Hall–Kier alpha value is -2.38. The number of thiophene rings is 1. The zero-order valence-electron chi connectivity index (χ0n) is 15.6. The Morgan fingerprint density at radius 1 is 0.929 bits per heavy atom. The molecule has 5 nitrogen and oxygen atoms in total. The highest BCUT2D eigenvalue weighted by Gasteiger charge is 2.15. The minimum atomic E-state index is 0.794. The van der Waals surface area contributed by atoms with Gasteiger partial charge in [-0.1, -0.05) is 54.6 Å². The van der Waals surface area contributed by atoms with Crippen LogP contribution >= 0.6 is 23.1 Å². The normalized spacial score (nSPS) is 11.1. The molecule has 0 aliphatic carbocycles. The molecular weight excluding hydrogens is 386 g/mol. The van der Waals surface area contributed by atoms with Gasteiger partial charge in [-0.3, -0.25) is 9.25 Å². The monoisotopic (exact) mass is 409 g/mol. The molecule has 0 unspecified atom stereocenters. The predicted octanol–water partition coefficient (Wildman–Crippen LogP) is 5.21. The van der Waals surface area contributed by atoms with Crippen LogP contribution in [0.2, 0.25) is 0 Å². The molecule has 0 spiro atoms. The van der Waals surface area contributed by atoms with Crippen LogP contribution in [-0.4, -0.2) is 30.3 Å². The molecule has 0 saturated carbocycles. The van der Waals surface area contributed by atoms with E-state index in [1.165, 1.54) is 18.4 Å². The highest BCUT2D eigenvalue weighted by molar-refractivity contribution is 7.99. The molecule has 0 bridgehead atoms. The third kappa shape index (κ3) is 4.91. The van der Waals surface area contributed by atoms with E-state index in [4.69, 9.17) is 0 Å². The molecule has 7 heteroatoms. The smallest absolute Gasteiger partial charge is 0.191 e. The molecule has 0 aliphatic heterocycles. The Kier molecular flexibility index (Phi) is 6.57. The Morgan fingerprint density at radius 3 is 2.64 bits per heavy atom. The number of benzene rings is 1. The lowest BCUT2D eigenvalue weighted by Gasteiger charge is -2.09. The molecule has 0 N–H and O–H groups in total. The summed E-state index contributed by atoms with van der Waals surface area (Å²) >= 11 is 3.51. The van der Waals surface area contributed by atoms with E-state index >= 15 is 0 Å². The first-order valence-corrected chi connectivity index (χ1v) is 11.4. The molecule has 0 fully saturated rings. The summed E-state index contributed by atoms with van der Waals surface area (Å²) < 4.78 is 4.24. The summed E-state index contributed by atoms with van der Waals surface area (Å²) in [4.78, 5) is 1.16. The van der Waals surface area contributed by atoms with Crippen molar-refractivity contribution < 1.29 is 0 Å². The van der Waals surface area contributed by atoms with Crippen molar-refractivity contribution in [3.05, 3.63) is 71.9 Å². The van der Waals surface area contributed by atoms with Crippen LogP contribution in [-0.2, 0) is 13.1 Å². The fraction of sp³-hybridized carbons (Fsp3) is 0.286. The molecule has 3 aromatic heterocycles. The van der Waals surface area contributed by atoms with Crippen LogP contribution in [0.3, 0.4) is 0 Å². The number of thioether (sulfide) groups is 1. The maximum Gasteiger partial charge on any atom is 0.191 e. The van der Waals surface area contributed by atoms with Crippen molar-refractivity contribution in [2.45, 2.75) is 37.5 Å². The van der Waals surface area contributed by atoms with Crippen molar-refractivity contribution in [2.24, 2.45) is 0 Å². The lowest BCUT2D eigenvalue weighted by molar-refractivity contribution is 0.554. The lowest BCUT2D eigenvalue weighted by atomic mass is 10.2. The van der Waals surface area contributed by atoms with E-state index in [9.17, 15) is 0 Å². The second kappa shape index (κ2) is 9.71. The largest absolute Gasteiger partial charge is 0.297 e. The fourth-order valence-electron chi connectivity index (χ4n) is 3.04. The minimum Gasteiger partial charge on any atom is -0.297 e. The molecule has 3 heterocycles. The molecule has 4 aromatic rings. The first-order chi connectivity index (χ1) is 13.9. The molecule has 0 atom stereocenters. The van der Waals surface area contributed by atoms with Gasteiger partial charge in [-0.15, -0.1) is 21.5 Å². The van der Waals surface area contributed by atoms with Gasteiger partial charge in [0.05, 0.1) is 11.4 Å². The Balaban J connectivity index is 1.37. The summed E-state index contributed by atoms with van der Waals surface area (Å²) in [7, 11) is 0. The Labute approximate surface area is 173 Å². The van der Waals surface area contributed by atoms with Crippen LogP contribution < -0.4 is 0 Å². The third-order valence-electron chi connectivity index (χ3n) is 4.46. The van der Waals surface area contributed by atoms with Crippen LogP contribution in [0.4, 0.5) is 0 Å². The zero-order valence-corrected chi connectivity index (χ0v) is 17.3. The Bertz CT molecular complexity index is 946. The number of hydrogen-bond donors (Lipinski definition) is 0. The van der Waals surface area contributed by atoms with E-state index in [1.807, 2.05) is 23.1 Å². The number of hydrogen-bond acceptors (Lipinski definition) is 5. The predicted molar refractivity (Wildman–Crippen MR) is 116 cm³/mol. The van der Waals surface area contributed by atoms with Crippen LogP contribution in [0.15, 0.2) is 71.5 Å². The number of nitrogens with zero attached hydrogens (tertiary/aromatic N) is 5. The highest BCUT2D eigenvalue weighted by atomic mass is 32.2. The van der Waals surface area contributed by atoms with Crippen LogP contribution in [0.25, 0.3) is 10.7 Å². The van der Waals surface area contributed by atoms with Crippen molar-refractivity contribution in [1.82, 2.24) is 24.5 Å². The van der Waals surface area contributed by atoms with Crippen LogP contribution in [0, 0.1) is 0 Å². The fourth-order valence-corrected chi connectivity index (χ4v) is 4.69. The topological polar surface area (TPSA) is 48.5 Å². The zero-order chi connectivity index (χ0) is 19.0. The molecule has 0 amide bonds. The average Bonchev–Trinajstić information content (AvgIpc) is 3.48. The number of aryl methyl sites for hydroxylation is 1. The molecule has 28 heavy (non-hydrogen) atoms. The summed E-state index contributed by atoms with van der Waals surface area (Å²) in [6, 6.07) is 16.7. The standard InChI is InChI=1S/C21H23N5S2/c1-3-9-18(10-4-1)17-26-20(19-11-7-16-27-19)23-24-21(26)28-15-6-2-5-13-25-14-8-12-22-25/h1,3-4,7-12,14,16H,2,5-6,13,15,17H2. The lowest BCUT2D eigenvalue weighted by Crippen LogP contribution is -2.04. The van der Waals surface area contributed by atoms with Gasteiger partial charge in [-0.05, 0) is 35.9 Å². The van der Waals surface area contributed by atoms with Gasteiger partial charge in [0.15, 0.2) is 11.0 Å². The van der Waals surface area contributed by atoms with Gasteiger partial charge in [0.1, 0.15) is 0 Å². The molecular formula is C21H23N5S2. The van der Waals surface area contributed by atoms with Gasteiger partial charge < -0.3 is 0 Å². The maximum atomic E-state index is 4.50.